The van der Waals surface area contributed by atoms with E-state index in [4.69, 9.17) is 4.74 Å². The van der Waals surface area contributed by atoms with Crippen molar-refractivity contribution in [3.63, 3.8) is 0 Å². The first-order valence-electron chi connectivity index (χ1n) is 8.50. The van der Waals surface area contributed by atoms with E-state index in [2.05, 4.69) is 17.2 Å². The monoisotopic (exact) mass is 315 g/mol. The lowest BCUT2D eigenvalue weighted by Gasteiger charge is -2.29. The molecule has 2 aromatic heterocycles. The number of imidazole rings is 1. The molecule has 0 radical (unpaired) electrons. The highest BCUT2D eigenvalue weighted by atomic mass is 16.5. The van der Waals surface area contributed by atoms with Gasteiger partial charge in [0.15, 0.2) is 11.4 Å². The Morgan fingerprint density at radius 3 is 2.91 bits per heavy atom. The molecule has 0 aliphatic heterocycles. The summed E-state index contributed by atoms with van der Waals surface area (Å²) in [6.45, 7) is 4.25. The fraction of sp³-hybridized carbons (Fsp3) is 0.556. The predicted octanol–water partition coefficient (Wildman–Crippen LogP) is 3.21. The zero-order chi connectivity index (χ0) is 16.4. The van der Waals surface area contributed by atoms with Crippen molar-refractivity contribution in [1.29, 1.82) is 0 Å². The number of carbonyl (C=O) groups excluding carboxylic acids is 1. The number of nitrogens with zero attached hydrogens (tertiary/aromatic N) is 2. The maximum absolute atomic E-state index is 12.9. The first kappa shape index (κ1) is 15.8. The third-order valence-electron chi connectivity index (χ3n) is 4.88. The number of fused-ring (bicyclic) bond motifs is 1. The van der Waals surface area contributed by atoms with Gasteiger partial charge in [-0.3, -0.25) is 9.20 Å². The van der Waals surface area contributed by atoms with E-state index in [9.17, 15) is 4.79 Å². The van der Waals surface area contributed by atoms with Gasteiger partial charge >= 0.3 is 0 Å². The van der Waals surface area contributed by atoms with E-state index in [0.29, 0.717) is 29.4 Å². The van der Waals surface area contributed by atoms with Gasteiger partial charge in [0.05, 0.1) is 12.8 Å². The Balaban J connectivity index is 1.96. The third kappa shape index (κ3) is 2.92. The lowest BCUT2D eigenvalue weighted by Crippen LogP contribution is -2.41. The summed E-state index contributed by atoms with van der Waals surface area (Å²) in [5.41, 5.74) is 2.16. The molecule has 3 rings (SSSR count). The molecule has 1 amide bonds. The number of nitrogens with one attached hydrogen (secondary N) is 1. The number of amides is 1. The van der Waals surface area contributed by atoms with Crippen molar-refractivity contribution < 1.29 is 9.53 Å². The Labute approximate surface area is 137 Å². The van der Waals surface area contributed by atoms with Crippen LogP contribution in [0.25, 0.3) is 5.65 Å². The van der Waals surface area contributed by atoms with Crippen LogP contribution >= 0.6 is 0 Å². The van der Waals surface area contributed by atoms with Crippen molar-refractivity contribution in [1.82, 2.24) is 14.7 Å². The van der Waals surface area contributed by atoms with Crippen LogP contribution in [0.2, 0.25) is 0 Å². The number of hydrogen-bond acceptors (Lipinski definition) is 3. The van der Waals surface area contributed by atoms with Gasteiger partial charge in [-0.15, -0.1) is 0 Å². The summed E-state index contributed by atoms with van der Waals surface area (Å²) in [6, 6.07) is 4.01. The van der Waals surface area contributed by atoms with E-state index in [-0.39, 0.29) is 11.9 Å². The molecule has 124 valence electrons. The van der Waals surface area contributed by atoms with Crippen LogP contribution in [0, 0.1) is 5.92 Å². The Bertz CT molecular complexity index is 708. The first-order valence-corrected chi connectivity index (χ1v) is 8.50. The minimum absolute atomic E-state index is 0.0265. The summed E-state index contributed by atoms with van der Waals surface area (Å²) in [7, 11) is 1.62. The van der Waals surface area contributed by atoms with Crippen LogP contribution in [0.15, 0.2) is 18.3 Å². The van der Waals surface area contributed by atoms with Crippen LogP contribution in [-0.2, 0) is 6.42 Å². The van der Waals surface area contributed by atoms with E-state index in [1.165, 1.54) is 19.3 Å². The molecular weight excluding hydrogens is 290 g/mol. The number of ether oxygens (including phenoxy) is 1. The Hall–Kier alpha value is -2.04. The van der Waals surface area contributed by atoms with Gasteiger partial charge in [-0.2, -0.15) is 0 Å². The molecule has 2 heterocycles. The molecule has 1 N–H and O–H groups in total. The molecule has 2 unspecified atom stereocenters. The number of aromatic nitrogens is 2. The second-order valence-corrected chi connectivity index (χ2v) is 6.37. The van der Waals surface area contributed by atoms with Gasteiger partial charge in [-0.25, -0.2) is 4.98 Å². The molecule has 1 aliphatic rings. The maximum Gasteiger partial charge on any atom is 0.270 e. The maximum atomic E-state index is 12.9. The molecule has 1 aliphatic carbocycles. The smallest absolute Gasteiger partial charge is 0.270 e. The Morgan fingerprint density at radius 1 is 1.43 bits per heavy atom. The van der Waals surface area contributed by atoms with Gasteiger partial charge in [0.1, 0.15) is 5.69 Å². The Morgan fingerprint density at radius 2 is 2.22 bits per heavy atom. The minimum Gasteiger partial charge on any atom is -0.493 e. The van der Waals surface area contributed by atoms with Crippen LogP contribution in [0.4, 0.5) is 0 Å². The van der Waals surface area contributed by atoms with Crippen molar-refractivity contribution in [2.75, 3.05) is 7.11 Å². The summed E-state index contributed by atoms with van der Waals surface area (Å²) in [5.74, 6) is 1.19. The van der Waals surface area contributed by atoms with E-state index >= 15 is 0 Å². The fourth-order valence-electron chi connectivity index (χ4n) is 3.50. The minimum atomic E-state index is -0.0265. The highest BCUT2D eigenvalue weighted by Crippen LogP contribution is 2.26. The van der Waals surface area contributed by atoms with Gasteiger partial charge in [0, 0.05) is 12.2 Å². The van der Waals surface area contributed by atoms with Crippen LogP contribution in [0.3, 0.4) is 0 Å². The summed E-state index contributed by atoms with van der Waals surface area (Å²) in [4.78, 5) is 17.5. The number of methoxy groups -OCH3 is 1. The number of hydrogen-bond donors (Lipinski definition) is 1. The fourth-order valence-corrected chi connectivity index (χ4v) is 3.50. The second kappa shape index (κ2) is 6.60. The van der Waals surface area contributed by atoms with E-state index < -0.39 is 0 Å². The first-order chi connectivity index (χ1) is 11.2. The molecule has 0 saturated heterocycles. The molecule has 23 heavy (non-hydrogen) atoms. The van der Waals surface area contributed by atoms with Crippen molar-refractivity contribution in [2.45, 2.75) is 52.0 Å². The lowest BCUT2D eigenvalue weighted by molar-refractivity contribution is 0.0903. The highest BCUT2D eigenvalue weighted by Gasteiger charge is 2.26. The van der Waals surface area contributed by atoms with Gasteiger partial charge in [0.25, 0.3) is 5.91 Å². The van der Waals surface area contributed by atoms with Crippen LogP contribution in [0.1, 0.15) is 55.7 Å². The van der Waals surface area contributed by atoms with E-state index in [0.717, 1.165) is 12.1 Å². The number of carbonyl (C=O) groups is 1. The normalized spacial score (nSPS) is 21.3. The van der Waals surface area contributed by atoms with Gasteiger partial charge in [-0.05, 0) is 37.3 Å². The topological polar surface area (TPSA) is 55.6 Å². The average Bonchev–Trinajstić information content (AvgIpc) is 2.95. The zero-order valence-corrected chi connectivity index (χ0v) is 14.1. The van der Waals surface area contributed by atoms with E-state index in [1.54, 1.807) is 7.11 Å². The third-order valence-corrected chi connectivity index (χ3v) is 4.88. The van der Waals surface area contributed by atoms with Crippen molar-refractivity contribution in [3.05, 3.63) is 29.7 Å². The highest BCUT2D eigenvalue weighted by molar-refractivity contribution is 5.95. The Kier molecular flexibility index (Phi) is 4.55. The SMILES string of the molecule is CCc1nc2c(OC)cccn2c1C(=O)NC1CCCCC1C. The molecule has 0 spiro atoms. The molecule has 1 fully saturated rings. The molecule has 1 saturated carbocycles. The van der Waals surface area contributed by atoms with Gasteiger partial charge in [-0.1, -0.05) is 26.7 Å². The molecular formula is C18H25N3O2. The standard InChI is InChI=1S/C18H25N3O2/c1-4-13-16(18(22)20-14-9-6-5-8-12(14)2)21-11-7-10-15(23-3)17(21)19-13/h7,10-12,14H,4-6,8-9H2,1-3H3,(H,20,22). The predicted molar refractivity (Wildman–Crippen MR) is 90.0 cm³/mol. The quantitative estimate of drug-likeness (QED) is 0.942. The van der Waals surface area contributed by atoms with Crippen LogP contribution in [-0.4, -0.2) is 28.4 Å². The summed E-state index contributed by atoms with van der Waals surface area (Å²) in [6.07, 6.45) is 7.30. The summed E-state index contributed by atoms with van der Waals surface area (Å²) < 4.78 is 7.22. The van der Waals surface area contributed by atoms with Crippen molar-refractivity contribution in [2.24, 2.45) is 5.92 Å². The van der Waals surface area contributed by atoms with Crippen molar-refractivity contribution >= 4 is 11.6 Å². The molecule has 2 atom stereocenters. The number of pyridine rings is 1. The molecule has 0 aromatic carbocycles. The number of rotatable bonds is 4. The summed E-state index contributed by atoms with van der Waals surface area (Å²) in [5, 5.41) is 3.23. The number of aryl methyl sites for hydroxylation is 1. The molecule has 0 bridgehead atoms. The molecule has 2 aromatic rings. The molecule has 5 nitrogen and oxygen atoms in total. The van der Waals surface area contributed by atoms with Crippen LogP contribution < -0.4 is 10.1 Å². The van der Waals surface area contributed by atoms with Crippen molar-refractivity contribution in [3.8, 4) is 5.75 Å². The summed E-state index contributed by atoms with van der Waals surface area (Å²) >= 11 is 0. The van der Waals surface area contributed by atoms with Crippen LogP contribution in [0.5, 0.6) is 5.75 Å². The van der Waals surface area contributed by atoms with Gasteiger partial charge in [0.2, 0.25) is 0 Å². The second-order valence-electron chi connectivity index (χ2n) is 6.37. The zero-order valence-electron chi connectivity index (χ0n) is 14.1. The van der Waals surface area contributed by atoms with Gasteiger partial charge < -0.3 is 10.1 Å². The van der Waals surface area contributed by atoms with E-state index in [1.807, 2.05) is 29.7 Å². The largest absolute Gasteiger partial charge is 0.493 e. The average molecular weight is 315 g/mol. The lowest BCUT2D eigenvalue weighted by atomic mass is 9.86. The molecule has 5 heteroatoms.